The zero-order chi connectivity index (χ0) is 17.7. The van der Waals surface area contributed by atoms with Crippen molar-refractivity contribution in [2.75, 3.05) is 14.2 Å². The van der Waals surface area contributed by atoms with Crippen molar-refractivity contribution >= 4 is 5.91 Å². The predicted octanol–water partition coefficient (Wildman–Crippen LogP) is 3.92. The smallest absolute Gasteiger partial charge is 0.416 e. The largest absolute Gasteiger partial charge is 0.497 e. The third-order valence-corrected chi connectivity index (χ3v) is 3.62. The number of likely N-dealkylation sites (N-methyl/N-ethyl adjacent to an activating group) is 1. The number of hydrogen-bond donors (Lipinski definition) is 0. The van der Waals surface area contributed by atoms with Crippen LogP contribution < -0.4 is 4.74 Å². The average Bonchev–Trinajstić information content (AvgIpc) is 2.54. The lowest BCUT2D eigenvalue weighted by Gasteiger charge is -2.18. The lowest BCUT2D eigenvalue weighted by Crippen LogP contribution is -2.27. The molecule has 0 aliphatic rings. The van der Waals surface area contributed by atoms with Gasteiger partial charge in [0.1, 0.15) is 5.75 Å². The van der Waals surface area contributed by atoms with E-state index in [4.69, 9.17) is 4.74 Å². The van der Waals surface area contributed by atoms with Crippen molar-refractivity contribution in [3.05, 3.63) is 65.2 Å². The summed E-state index contributed by atoms with van der Waals surface area (Å²) in [5.74, 6) is 0.550. The lowest BCUT2D eigenvalue weighted by atomic mass is 10.1. The van der Waals surface area contributed by atoms with Gasteiger partial charge in [0.05, 0.1) is 19.1 Å². The second-order valence-electron chi connectivity index (χ2n) is 5.47. The molecule has 0 heterocycles. The Hall–Kier alpha value is -2.50. The van der Waals surface area contributed by atoms with Gasteiger partial charge in [-0.15, -0.1) is 0 Å². The van der Waals surface area contributed by atoms with Crippen molar-refractivity contribution in [3.8, 4) is 5.75 Å². The van der Waals surface area contributed by atoms with Crippen LogP contribution in [0, 0.1) is 0 Å². The molecule has 0 saturated heterocycles. The third kappa shape index (κ3) is 4.75. The number of carbonyl (C=O) groups excluding carboxylic acids is 1. The number of rotatable bonds is 5. The Morgan fingerprint density at radius 3 is 2.33 bits per heavy atom. The third-order valence-electron chi connectivity index (χ3n) is 3.62. The molecule has 1 amide bonds. The maximum Gasteiger partial charge on any atom is 0.416 e. The van der Waals surface area contributed by atoms with Crippen LogP contribution in [0.1, 0.15) is 16.7 Å². The van der Waals surface area contributed by atoms with E-state index in [2.05, 4.69) is 0 Å². The zero-order valence-electron chi connectivity index (χ0n) is 13.4. The summed E-state index contributed by atoms with van der Waals surface area (Å²) in [5, 5.41) is 0. The van der Waals surface area contributed by atoms with E-state index in [1.54, 1.807) is 32.4 Å². The molecule has 128 valence electrons. The molecule has 2 aromatic rings. The Balaban J connectivity index is 1.98. The van der Waals surface area contributed by atoms with E-state index >= 15 is 0 Å². The molecular formula is C18H18F3NO2. The first kappa shape index (κ1) is 17.8. The molecule has 0 bridgehead atoms. The maximum atomic E-state index is 12.5. The molecule has 6 heteroatoms. The van der Waals surface area contributed by atoms with Crippen LogP contribution in [0.15, 0.2) is 48.5 Å². The van der Waals surface area contributed by atoms with E-state index in [1.807, 2.05) is 6.07 Å². The average molecular weight is 337 g/mol. The molecule has 0 unspecified atom stereocenters. The molecule has 3 nitrogen and oxygen atoms in total. The first-order valence-electron chi connectivity index (χ1n) is 7.32. The summed E-state index contributed by atoms with van der Waals surface area (Å²) in [6, 6.07) is 12.0. The van der Waals surface area contributed by atoms with Crippen molar-refractivity contribution in [3.63, 3.8) is 0 Å². The summed E-state index contributed by atoms with van der Waals surface area (Å²) in [7, 11) is 3.18. The SMILES string of the molecule is COc1cccc(CC(=O)N(C)Cc2ccc(C(F)(F)F)cc2)c1. The summed E-state index contributed by atoms with van der Waals surface area (Å²) in [5.41, 5.74) is 0.764. The Morgan fingerprint density at radius 2 is 1.75 bits per heavy atom. The van der Waals surface area contributed by atoms with Crippen LogP contribution in [-0.4, -0.2) is 25.0 Å². The first-order valence-corrected chi connectivity index (χ1v) is 7.32. The summed E-state index contributed by atoms with van der Waals surface area (Å²) in [4.78, 5) is 13.7. The van der Waals surface area contributed by atoms with Crippen molar-refractivity contribution in [1.29, 1.82) is 0 Å². The number of halogens is 3. The number of carbonyl (C=O) groups is 1. The second-order valence-corrected chi connectivity index (χ2v) is 5.47. The number of ether oxygens (including phenoxy) is 1. The van der Waals surface area contributed by atoms with E-state index in [9.17, 15) is 18.0 Å². The lowest BCUT2D eigenvalue weighted by molar-refractivity contribution is -0.137. The van der Waals surface area contributed by atoms with E-state index in [0.29, 0.717) is 11.3 Å². The Labute approximate surface area is 138 Å². The molecule has 0 spiro atoms. The molecule has 24 heavy (non-hydrogen) atoms. The number of methoxy groups -OCH3 is 1. The highest BCUT2D eigenvalue weighted by molar-refractivity contribution is 5.78. The highest BCUT2D eigenvalue weighted by Gasteiger charge is 2.29. The van der Waals surface area contributed by atoms with E-state index in [1.165, 1.54) is 17.0 Å². The van der Waals surface area contributed by atoms with Crippen LogP contribution in [0.3, 0.4) is 0 Å². The minimum Gasteiger partial charge on any atom is -0.497 e. The van der Waals surface area contributed by atoms with Crippen molar-refractivity contribution in [1.82, 2.24) is 4.90 Å². The fourth-order valence-electron chi connectivity index (χ4n) is 2.25. The minimum atomic E-state index is -4.35. The highest BCUT2D eigenvalue weighted by atomic mass is 19.4. The van der Waals surface area contributed by atoms with Crippen LogP contribution in [-0.2, 0) is 23.9 Å². The molecule has 0 aliphatic heterocycles. The zero-order valence-corrected chi connectivity index (χ0v) is 13.4. The van der Waals surface area contributed by atoms with Crippen LogP contribution in [0.2, 0.25) is 0 Å². The molecule has 2 rings (SSSR count). The molecular weight excluding hydrogens is 319 g/mol. The Morgan fingerprint density at radius 1 is 1.08 bits per heavy atom. The quantitative estimate of drug-likeness (QED) is 0.828. The van der Waals surface area contributed by atoms with Gasteiger partial charge in [0.25, 0.3) is 0 Å². The molecule has 0 atom stereocenters. The standard InChI is InChI=1S/C18H18F3NO2/c1-22(12-13-6-8-15(9-7-13)18(19,20)21)17(23)11-14-4-3-5-16(10-14)24-2/h3-10H,11-12H2,1-2H3. The van der Waals surface area contributed by atoms with Gasteiger partial charge in [-0.05, 0) is 35.4 Å². The van der Waals surface area contributed by atoms with Crippen LogP contribution in [0.4, 0.5) is 13.2 Å². The molecule has 0 aliphatic carbocycles. The normalized spacial score (nSPS) is 11.2. The summed E-state index contributed by atoms with van der Waals surface area (Å²) >= 11 is 0. The van der Waals surface area contributed by atoms with E-state index in [-0.39, 0.29) is 18.9 Å². The van der Waals surface area contributed by atoms with Gasteiger partial charge in [-0.2, -0.15) is 13.2 Å². The number of hydrogen-bond acceptors (Lipinski definition) is 2. The second kappa shape index (κ2) is 7.38. The Bertz CT molecular complexity index is 696. The number of benzene rings is 2. The van der Waals surface area contributed by atoms with Crippen molar-refractivity contribution in [2.24, 2.45) is 0 Å². The van der Waals surface area contributed by atoms with Gasteiger partial charge in [0.15, 0.2) is 0 Å². The van der Waals surface area contributed by atoms with Gasteiger partial charge in [-0.25, -0.2) is 0 Å². The van der Waals surface area contributed by atoms with Gasteiger partial charge < -0.3 is 9.64 Å². The summed E-state index contributed by atoms with van der Waals surface area (Å²) < 4.78 is 42.7. The van der Waals surface area contributed by atoms with Gasteiger partial charge in [0, 0.05) is 13.6 Å². The molecule has 0 radical (unpaired) electrons. The molecule has 0 saturated carbocycles. The molecule has 0 aromatic heterocycles. The highest BCUT2D eigenvalue weighted by Crippen LogP contribution is 2.29. The maximum absolute atomic E-state index is 12.5. The molecule has 0 fully saturated rings. The van der Waals surface area contributed by atoms with Crippen molar-refractivity contribution in [2.45, 2.75) is 19.1 Å². The van der Waals surface area contributed by atoms with Gasteiger partial charge in [0.2, 0.25) is 5.91 Å². The Kier molecular flexibility index (Phi) is 5.49. The monoisotopic (exact) mass is 337 g/mol. The predicted molar refractivity (Wildman–Crippen MR) is 84.6 cm³/mol. The molecule has 0 N–H and O–H groups in total. The van der Waals surface area contributed by atoms with E-state index in [0.717, 1.165) is 17.7 Å². The number of alkyl halides is 3. The van der Waals surface area contributed by atoms with Crippen LogP contribution in [0.25, 0.3) is 0 Å². The fraction of sp³-hybridized carbons (Fsp3) is 0.278. The summed E-state index contributed by atoms with van der Waals surface area (Å²) in [6.07, 6.45) is -4.15. The minimum absolute atomic E-state index is 0.122. The number of amides is 1. The number of nitrogens with zero attached hydrogens (tertiary/aromatic N) is 1. The van der Waals surface area contributed by atoms with Gasteiger partial charge in [-0.1, -0.05) is 24.3 Å². The van der Waals surface area contributed by atoms with Crippen LogP contribution in [0.5, 0.6) is 5.75 Å². The molecule has 2 aromatic carbocycles. The topological polar surface area (TPSA) is 29.5 Å². The van der Waals surface area contributed by atoms with Gasteiger partial charge >= 0.3 is 6.18 Å². The van der Waals surface area contributed by atoms with E-state index < -0.39 is 11.7 Å². The van der Waals surface area contributed by atoms with Crippen LogP contribution >= 0.6 is 0 Å². The van der Waals surface area contributed by atoms with Crippen molar-refractivity contribution < 1.29 is 22.7 Å². The fourth-order valence-corrected chi connectivity index (χ4v) is 2.25. The summed E-state index contributed by atoms with van der Waals surface area (Å²) in [6.45, 7) is 0.251. The first-order chi connectivity index (χ1) is 11.3. The van der Waals surface area contributed by atoms with Gasteiger partial charge in [-0.3, -0.25) is 4.79 Å².